The molecule has 0 aromatic carbocycles. The summed E-state index contributed by atoms with van der Waals surface area (Å²) in [5.41, 5.74) is 2.81. The molecule has 1 aliphatic rings. The van der Waals surface area contributed by atoms with Gasteiger partial charge in [0.2, 0.25) is 0 Å². The minimum atomic E-state index is 0.786. The Morgan fingerprint density at radius 2 is 1.79 bits per heavy atom. The molecule has 2 aromatic heterocycles. The minimum absolute atomic E-state index is 0.786. The van der Waals surface area contributed by atoms with Crippen molar-refractivity contribution in [2.75, 3.05) is 0 Å². The Balaban J connectivity index is 2.08. The van der Waals surface area contributed by atoms with Crippen molar-refractivity contribution >= 4 is 39.2 Å². The van der Waals surface area contributed by atoms with Gasteiger partial charge in [0.25, 0.3) is 0 Å². The van der Waals surface area contributed by atoms with Gasteiger partial charge in [0.05, 0.1) is 5.69 Å². The van der Waals surface area contributed by atoms with Gasteiger partial charge in [0.15, 0.2) is 5.65 Å². The molecule has 0 radical (unpaired) electrons. The molecule has 0 spiro atoms. The normalized spacial score (nSPS) is 22.1. The van der Waals surface area contributed by atoms with E-state index >= 15 is 0 Å². The molecule has 0 bridgehead atoms. The number of rotatable bonds is 1. The largest absolute Gasteiger partial charge is 0.236 e. The van der Waals surface area contributed by atoms with Gasteiger partial charge in [0, 0.05) is 20.7 Å². The fourth-order valence-corrected chi connectivity index (χ4v) is 2.36. The van der Waals surface area contributed by atoms with Crippen molar-refractivity contribution in [2.24, 2.45) is 0 Å². The van der Waals surface area contributed by atoms with E-state index < -0.39 is 0 Å². The van der Waals surface area contributed by atoms with Crippen LogP contribution in [0.4, 0.5) is 0 Å². The second-order valence-electron chi connectivity index (χ2n) is 4.15. The fraction of sp³-hybridized carbons (Fsp3) is 0. The topological polar surface area (TPSA) is 25.8 Å². The van der Waals surface area contributed by atoms with Crippen LogP contribution in [-0.4, -0.2) is 9.97 Å². The summed E-state index contributed by atoms with van der Waals surface area (Å²) in [4.78, 5) is 9.00. The number of nitrogens with zero attached hydrogens (tertiary/aromatic N) is 2. The van der Waals surface area contributed by atoms with Crippen molar-refractivity contribution in [3.05, 3.63) is 76.2 Å². The highest BCUT2D eigenvalue weighted by molar-refractivity contribution is 14.1. The van der Waals surface area contributed by atoms with E-state index in [0.717, 1.165) is 25.9 Å². The molecule has 0 saturated carbocycles. The Hall–Kier alpha value is -1.75. The van der Waals surface area contributed by atoms with Gasteiger partial charge < -0.3 is 0 Å². The monoisotopic (exact) mass is 358 g/mol. The summed E-state index contributed by atoms with van der Waals surface area (Å²) in [5, 5.41) is 1.07. The van der Waals surface area contributed by atoms with Gasteiger partial charge >= 0.3 is 0 Å². The minimum Gasteiger partial charge on any atom is -0.236 e. The predicted octanol–water partition coefficient (Wildman–Crippen LogP) is 4.30. The van der Waals surface area contributed by atoms with Crippen LogP contribution in [0, 0.1) is 3.57 Å². The van der Waals surface area contributed by atoms with E-state index in [9.17, 15) is 0 Å². The molecule has 2 nitrogen and oxygen atoms in total. The van der Waals surface area contributed by atoms with Crippen molar-refractivity contribution in [3.8, 4) is 0 Å². The number of fused-ring (bicyclic) bond motifs is 1. The number of hydrogen-bond donors (Lipinski definition) is 0. The van der Waals surface area contributed by atoms with E-state index in [1.165, 1.54) is 0 Å². The number of pyridine rings is 2. The van der Waals surface area contributed by atoms with E-state index in [-0.39, 0.29) is 0 Å². The molecular weight excluding hydrogens is 347 g/mol. The Bertz CT molecular complexity index is 739. The molecular formula is C16H11IN2. The van der Waals surface area contributed by atoms with Crippen LogP contribution in [-0.2, 0) is 0 Å². The summed E-state index contributed by atoms with van der Waals surface area (Å²) in [5.74, 6) is 0. The lowest BCUT2D eigenvalue weighted by Crippen LogP contribution is -1.91. The van der Waals surface area contributed by atoms with Gasteiger partial charge in [0.1, 0.15) is 0 Å². The van der Waals surface area contributed by atoms with Crippen LogP contribution < -0.4 is 0 Å². The Morgan fingerprint density at radius 3 is 2.74 bits per heavy atom. The molecule has 92 valence electrons. The quantitative estimate of drug-likeness (QED) is 0.711. The molecule has 0 aliphatic heterocycles. The molecule has 19 heavy (non-hydrogen) atoms. The fourth-order valence-electron chi connectivity index (χ4n) is 1.88. The van der Waals surface area contributed by atoms with Gasteiger partial charge in [-0.05, 0) is 40.8 Å². The number of hydrogen-bond acceptors (Lipinski definition) is 2. The van der Waals surface area contributed by atoms with Gasteiger partial charge in [-0.2, -0.15) is 0 Å². The van der Waals surface area contributed by atoms with Crippen molar-refractivity contribution in [1.29, 1.82) is 0 Å². The third-order valence-electron chi connectivity index (χ3n) is 2.80. The average Bonchev–Trinajstić information content (AvgIpc) is 2.38. The third-order valence-corrected chi connectivity index (χ3v) is 3.39. The first-order valence-electron chi connectivity index (χ1n) is 5.97. The second kappa shape index (κ2) is 5.48. The molecule has 0 unspecified atom stereocenters. The zero-order valence-electron chi connectivity index (χ0n) is 10.1. The molecule has 0 N–H and O–H groups in total. The van der Waals surface area contributed by atoms with Crippen LogP contribution in [0.1, 0.15) is 5.69 Å². The van der Waals surface area contributed by atoms with Gasteiger partial charge in [-0.1, -0.05) is 42.5 Å². The van der Waals surface area contributed by atoms with Crippen molar-refractivity contribution in [2.45, 2.75) is 0 Å². The van der Waals surface area contributed by atoms with Crippen LogP contribution in [0.25, 0.3) is 16.6 Å². The van der Waals surface area contributed by atoms with Gasteiger partial charge in [-0.3, -0.25) is 0 Å². The van der Waals surface area contributed by atoms with Gasteiger partial charge in [-0.25, -0.2) is 9.97 Å². The SMILES string of the molecule is Ic1cnc2nc(C3=C/C=C\C=C/C=C\3)ccc2c1. The first-order chi connectivity index (χ1) is 9.33. The molecule has 0 fully saturated rings. The first-order valence-corrected chi connectivity index (χ1v) is 7.05. The van der Waals surface area contributed by atoms with Crippen LogP contribution in [0.2, 0.25) is 0 Å². The van der Waals surface area contributed by atoms with Crippen molar-refractivity contribution in [3.63, 3.8) is 0 Å². The second-order valence-corrected chi connectivity index (χ2v) is 5.39. The van der Waals surface area contributed by atoms with Gasteiger partial charge in [-0.15, -0.1) is 0 Å². The maximum atomic E-state index is 4.62. The zero-order valence-corrected chi connectivity index (χ0v) is 12.3. The lowest BCUT2D eigenvalue weighted by molar-refractivity contribution is 1.25. The maximum Gasteiger partial charge on any atom is 0.159 e. The van der Waals surface area contributed by atoms with Crippen LogP contribution in [0.15, 0.2) is 66.9 Å². The number of halogens is 1. The predicted molar refractivity (Wildman–Crippen MR) is 87.7 cm³/mol. The van der Waals surface area contributed by atoms with Crippen molar-refractivity contribution in [1.82, 2.24) is 9.97 Å². The molecule has 3 heteroatoms. The molecule has 0 saturated heterocycles. The molecule has 0 amide bonds. The number of allylic oxidation sites excluding steroid dienone is 8. The van der Waals surface area contributed by atoms with E-state index in [0.29, 0.717) is 0 Å². The van der Waals surface area contributed by atoms with Crippen LogP contribution >= 0.6 is 22.6 Å². The highest BCUT2D eigenvalue weighted by Crippen LogP contribution is 2.19. The van der Waals surface area contributed by atoms with Crippen LogP contribution in [0.3, 0.4) is 0 Å². The van der Waals surface area contributed by atoms with Crippen molar-refractivity contribution < 1.29 is 0 Å². The molecule has 1 aliphatic carbocycles. The lowest BCUT2D eigenvalue weighted by atomic mass is 10.1. The van der Waals surface area contributed by atoms with E-state index in [1.54, 1.807) is 0 Å². The molecule has 2 heterocycles. The Labute approximate surface area is 125 Å². The Morgan fingerprint density at radius 1 is 0.947 bits per heavy atom. The van der Waals surface area contributed by atoms with E-state index in [4.69, 9.17) is 0 Å². The summed E-state index contributed by atoms with van der Waals surface area (Å²) in [6.45, 7) is 0. The standard InChI is InChI=1S/C16H11IN2/c17-14-10-13-8-9-15(19-16(13)18-11-14)12-6-4-2-1-3-5-7-12/h1-11H/b2-1-,3-1?,4-2?,5-3-,6-4-,7-5?,12-6?,12-7+. The lowest BCUT2D eigenvalue weighted by Gasteiger charge is -2.04. The smallest absolute Gasteiger partial charge is 0.159 e. The zero-order chi connectivity index (χ0) is 13.1. The Kier molecular flexibility index (Phi) is 3.55. The highest BCUT2D eigenvalue weighted by atomic mass is 127. The number of aromatic nitrogens is 2. The summed E-state index contributed by atoms with van der Waals surface area (Å²) in [6.07, 6.45) is 16.0. The summed E-state index contributed by atoms with van der Waals surface area (Å²) < 4.78 is 1.12. The molecule has 2 aromatic rings. The van der Waals surface area contributed by atoms with E-state index in [1.807, 2.05) is 42.6 Å². The third kappa shape index (κ3) is 2.81. The average molecular weight is 358 g/mol. The molecule has 3 rings (SSSR count). The summed E-state index contributed by atoms with van der Waals surface area (Å²) in [6, 6.07) is 6.19. The summed E-state index contributed by atoms with van der Waals surface area (Å²) in [7, 11) is 0. The maximum absolute atomic E-state index is 4.62. The van der Waals surface area contributed by atoms with Crippen LogP contribution in [0.5, 0.6) is 0 Å². The van der Waals surface area contributed by atoms with E-state index in [2.05, 4.69) is 56.8 Å². The highest BCUT2D eigenvalue weighted by Gasteiger charge is 2.03. The first kappa shape index (κ1) is 12.3. The summed E-state index contributed by atoms with van der Waals surface area (Å²) >= 11 is 2.26. The molecule has 0 atom stereocenters.